The van der Waals surface area contributed by atoms with E-state index in [1.165, 1.54) is 12.1 Å². The fourth-order valence-electron chi connectivity index (χ4n) is 1.30. The molecule has 0 saturated heterocycles. The monoisotopic (exact) mass is 287 g/mol. The molecular formula is C11H17N3O4S. The third kappa shape index (κ3) is 3.65. The summed E-state index contributed by atoms with van der Waals surface area (Å²) in [5.41, 5.74) is 4.94. The number of nitro benzene ring substituents is 1. The van der Waals surface area contributed by atoms with Gasteiger partial charge in [0.25, 0.3) is 5.69 Å². The molecule has 0 spiro atoms. The van der Waals surface area contributed by atoms with Gasteiger partial charge in [0.15, 0.2) is 0 Å². The van der Waals surface area contributed by atoms with Crippen LogP contribution in [0.2, 0.25) is 0 Å². The second-order valence-corrected chi connectivity index (χ2v) is 6.35. The molecule has 0 radical (unpaired) electrons. The number of nitrogens with one attached hydrogen (secondary N) is 1. The SMILES string of the molecule is CC(C)C(C)NS(=O)(=O)c1ccc(N)c([N+](=O)[O-])c1. The molecule has 0 bridgehead atoms. The number of nitro groups is 1. The number of sulfonamides is 1. The quantitative estimate of drug-likeness (QED) is 0.483. The topological polar surface area (TPSA) is 115 Å². The minimum absolute atomic E-state index is 0.0686. The van der Waals surface area contributed by atoms with Crippen molar-refractivity contribution in [2.45, 2.75) is 31.7 Å². The predicted molar refractivity (Wildman–Crippen MR) is 72.1 cm³/mol. The van der Waals surface area contributed by atoms with E-state index in [9.17, 15) is 18.5 Å². The van der Waals surface area contributed by atoms with Crippen molar-refractivity contribution in [1.29, 1.82) is 0 Å². The maximum absolute atomic E-state index is 12.1. The lowest BCUT2D eigenvalue weighted by molar-refractivity contribution is -0.384. The standard InChI is InChI=1S/C11H17N3O4S/c1-7(2)8(3)13-19(17,18)9-4-5-10(12)11(6-9)14(15)16/h4-8,13H,12H2,1-3H3. The lowest BCUT2D eigenvalue weighted by atomic mass is 10.1. The third-order valence-electron chi connectivity index (χ3n) is 2.85. The van der Waals surface area contributed by atoms with Crippen LogP contribution in [0.25, 0.3) is 0 Å². The van der Waals surface area contributed by atoms with Crippen LogP contribution in [0, 0.1) is 16.0 Å². The zero-order chi connectivity index (χ0) is 14.8. The van der Waals surface area contributed by atoms with Crippen LogP contribution < -0.4 is 10.5 Å². The maximum Gasteiger partial charge on any atom is 0.293 e. The first kappa shape index (κ1) is 15.4. The second-order valence-electron chi connectivity index (χ2n) is 4.63. The van der Waals surface area contributed by atoms with E-state index in [2.05, 4.69) is 4.72 Å². The van der Waals surface area contributed by atoms with Crippen molar-refractivity contribution < 1.29 is 13.3 Å². The molecule has 1 aromatic rings. The van der Waals surface area contributed by atoms with Crippen molar-refractivity contribution in [2.24, 2.45) is 5.92 Å². The minimum atomic E-state index is -3.79. The summed E-state index contributed by atoms with van der Waals surface area (Å²) in [6.07, 6.45) is 0. The first-order valence-corrected chi connectivity index (χ1v) is 7.19. The molecule has 19 heavy (non-hydrogen) atoms. The molecule has 1 aromatic carbocycles. The van der Waals surface area contributed by atoms with Gasteiger partial charge in [0.05, 0.1) is 9.82 Å². The summed E-state index contributed by atoms with van der Waals surface area (Å²) in [7, 11) is -3.79. The Kier molecular flexibility index (Phi) is 4.48. The van der Waals surface area contributed by atoms with Crippen LogP contribution in [0.15, 0.2) is 23.1 Å². The molecule has 0 aliphatic rings. The first-order valence-electron chi connectivity index (χ1n) is 5.71. The highest BCUT2D eigenvalue weighted by atomic mass is 32.2. The molecule has 0 amide bonds. The van der Waals surface area contributed by atoms with Gasteiger partial charge in [-0.2, -0.15) is 0 Å². The van der Waals surface area contributed by atoms with Crippen molar-refractivity contribution in [2.75, 3.05) is 5.73 Å². The molecule has 0 aliphatic heterocycles. The molecule has 1 rings (SSSR count). The maximum atomic E-state index is 12.1. The average molecular weight is 287 g/mol. The molecular weight excluding hydrogens is 270 g/mol. The van der Waals surface area contributed by atoms with Crippen LogP contribution in [0.5, 0.6) is 0 Å². The van der Waals surface area contributed by atoms with Crippen LogP contribution in [-0.4, -0.2) is 19.4 Å². The summed E-state index contributed by atoms with van der Waals surface area (Å²) < 4.78 is 26.6. The molecule has 0 fully saturated rings. The number of rotatable bonds is 5. The molecule has 1 atom stereocenters. The van der Waals surface area contributed by atoms with Crippen molar-refractivity contribution in [3.8, 4) is 0 Å². The molecule has 3 N–H and O–H groups in total. The van der Waals surface area contributed by atoms with E-state index in [0.29, 0.717) is 0 Å². The van der Waals surface area contributed by atoms with Crippen molar-refractivity contribution >= 4 is 21.4 Å². The Bertz CT molecular complexity index is 584. The summed E-state index contributed by atoms with van der Waals surface area (Å²) in [6, 6.07) is 3.15. The Balaban J connectivity index is 3.16. The van der Waals surface area contributed by atoms with Crippen LogP contribution in [0.3, 0.4) is 0 Å². The van der Waals surface area contributed by atoms with E-state index < -0.39 is 20.6 Å². The number of hydrogen-bond acceptors (Lipinski definition) is 5. The number of nitrogens with two attached hydrogens (primary N) is 1. The van der Waals surface area contributed by atoms with Crippen molar-refractivity contribution in [3.05, 3.63) is 28.3 Å². The highest BCUT2D eigenvalue weighted by molar-refractivity contribution is 7.89. The van der Waals surface area contributed by atoms with Gasteiger partial charge in [0.1, 0.15) is 5.69 Å². The Labute approximate surface area is 112 Å². The number of nitrogens with zero attached hydrogens (tertiary/aromatic N) is 1. The lowest BCUT2D eigenvalue weighted by Crippen LogP contribution is -2.36. The Hall–Kier alpha value is -1.67. The summed E-state index contributed by atoms with van der Waals surface area (Å²) in [6.45, 7) is 5.48. The Morgan fingerprint density at radius 1 is 1.32 bits per heavy atom. The molecule has 0 aliphatic carbocycles. The van der Waals surface area contributed by atoms with E-state index in [1.807, 2.05) is 13.8 Å². The van der Waals surface area contributed by atoms with Crippen LogP contribution in [0.4, 0.5) is 11.4 Å². The Morgan fingerprint density at radius 2 is 1.89 bits per heavy atom. The summed E-state index contributed by atoms with van der Waals surface area (Å²) in [4.78, 5) is 9.87. The average Bonchev–Trinajstić information content (AvgIpc) is 2.27. The molecule has 0 heterocycles. The summed E-state index contributed by atoms with van der Waals surface area (Å²) in [5.74, 6) is 0.110. The van der Waals surface area contributed by atoms with E-state index in [1.54, 1.807) is 6.92 Å². The van der Waals surface area contributed by atoms with Crippen LogP contribution in [0.1, 0.15) is 20.8 Å². The Morgan fingerprint density at radius 3 is 2.37 bits per heavy atom. The van der Waals surface area contributed by atoms with Gasteiger partial charge in [-0.3, -0.25) is 10.1 Å². The molecule has 0 saturated carbocycles. The van der Waals surface area contributed by atoms with Gasteiger partial charge in [-0.15, -0.1) is 0 Å². The van der Waals surface area contributed by atoms with Crippen LogP contribution >= 0.6 is 0 Å². The molecule has 0 aromatic heterocycles. The molecule has 1 unspecified atom stereocenters. The van der Waals surface area contributed by atoms with Crippen molar-refractivity contribution in [3.63, 3.8) is 0 Å². The number of benzene rings is 1. The van der Waals surface area contributed by atoms with Gasteiger partial charge in [-0.1, -0.05) is 13.8 Å². The van der Waals surface area contributed by atoms with Gasteiger partial charge in [0, 0.05) is 12.1 Å². The largest absolute Gasteiger partial charge is 0.393 e. The zero-order valence-electron chi connectivity index (χ0n) is 11.0. The number of hydrogen-bond donors (Lipinski definition) is 2. The van der Waals surface area contributed by atoms with Crippen LogP contribution in [-0.2, 0) is 10.0 Å². The predicted octanol–water partition coefficient (Wildman–Crippen LogP) is 1.50. The first-order chi connectivity index (χ1) is 8.65. The third-order valence-corrected chi connectivity index (χ3v) is 4.41. The van der Waals surface area contributed by atoms with E-state index >= 15 is 0 Å². The molecule has 7 nitrogen and oxygen atoms in total. The molecule has 8 heteroatoms. The van der Waals surface area contributed by atoms with Gasteiger partial charge in [-0.05, 0) is 25.0 Å². The van der Waals surface area contributed by atoms with E-state index in [4.69, 9.17) is 5.73 Å². The normalized spacial score (nSPS) is 13.5. The van der Waals surface area contributed by atoms with Gasteiger partial charge in [0.2, 0.25) is 10.0 Å². The molecule has 106 valence electrons. The van der Waals surface area contributed by atoms with Crippen molar-refractivity contribution in [1.82, 2.24) is 4.72 Å². The van der Waals surface area contributed by atoms with E-state index in [0.717, 1.165) is 6.07 Å². The highest BCUT2D eigenvalue weighted by Crippen LogP contribution is 2.25. The van der Waals surface area contributed by atoms with Gasteiger partial charge < -0.3 is 5.73 Å². The highest BCUT2D eigenvalue weighted by Gasteiger charge is 2.22. The summed E-state index contributed by atoms with van der Waals surface area (Å²) in [5, 5.41) is 10.7. The van der Waals surface area contributed by atoms with E-state index in [-0.39, 0.29) is 22.5 Å². The summed E-state index contributed by atoms with van der Waals surface area (Å²) >= 11 is 0. The number of nitrogen functional groups attached to an aromatic ring is 1. The van der Waals surface area contributed by atoms with Gasteiger partial charge in [-0.25, -0.2) is 13.1 Å². The second kappa shape index (κ2) is 5.54. The fourth-order valence-corrected chi connectivity index (χ4v) is 2.71. The zero-order valence-corrected chi connectivity index (χ0v) is 11.8. The fraction of sp³-hybridized carbons (Fsp3) is 0.455. The minimum Gasteiger partial charge on any atom is -0.393 e. The lowest BCUT2D eigenvalue weighted by Gasteiger charge is -2.17. The smallest absolute Gasteiger partial charge is 0.293 e. The number of anilines is 1. The van der Waals surface area contributed by atoms with Gasteiger partial charge >= 0.3 is 0 Å².